The summed E-state index contributed by atoms with van der Waals surface area (Å²) in [5.74, 6) is 0.702. The number of aryl methyl sites for hydroxylation is 2. The van der Waals surface area contributed by atoms with Crippen molar-refractivity contribution in [1.29, 1.82) is 5.26 Å². The number of aliphatic hydroxyl groups is 1. The zero-order valence-corrected chi connectivity index (χ0v) is 8.33. The maximum absolute atomic E-state index is 8.82. The summed E-state index contributed by atoms with van der Waals surface area (Å²) < 4.78 is 0. The van der Waals surface area contributed by atoms with Gasteiger partial charge in [-0.1, -0.05) is 0 Å². The minimum Gasteiger partial charge on any atom is -0.395 e. The Morgan fingerprint density at radius 2 is 2.29 bits per heavy atom. The third kappa shape index (κ3) is 2.21. The molecule has 14 heavy (non-hydrogen) atoms. The lowest BCUT2D eigenvalue weighted by atomic mass is 10.1. The van der Waals surface area contributed by atoms with Crippen molar-refractivity contribution in [2.24, 2.45) is 0 Å². The second-order valence-electron chi connectivity index (χ2n) is 3.05. The van der Waals surface area contributed by atoms with Gasteiger partial charge in [0.2, 0.25) is 0 Å². The van der Waals surface area contributed by atoms with Crippen LogP contribution in [0, 0.1) is 25.2 Å². The van der Waals surface area contributed by atoms with E-state index in [-0.39, 0.29) is 6.61 Å². The van der Waals surface area contributed by atoms with E-state index in [0.717, 1.165) is 5.56 Å². The van der Waals surface area contributed by atoms with Crippen LogP contribution >= 0.6 is 0 Å². The van der Waals surface area contributed by atoms with Gasteiger partial charge < -0.3 is 10.4 Å². The van der Waals surface area contributed by atoms with Crippen molar-refractivity contribution < 1.29 is 5.11 Å². The lowest BCUT2D eigenvalue weighted by molar-refractivity contribution is 0.311. The Hall–Kier alpha value is -1.60. The number of nitrogens with one attached hydrogen (secondary N) is 1. The van der Waals surface area contributed by atoms with Gasteiger partial charge in [-0.3, -0.25) is 0 Å². The summed E-state index contributed by atoms with van der Waals surface area (Å²) in [5, 5.41) is 20.4. The largest absolute Gasteiger partial charge is 0.395 e. The lowest BCUT2D eigenvalue weighted by Crippen LogP contribution is -2.08. The van der Waals surface area contributed by atoms with Crippen molar-refractivity contribution in [1.82, 2.24) is 4.98 Å². The van der Waals surface area contributed by atoms with Crippen LogP contribution in [0.3, 0.4) is 0 Å². The van der Waals surface area contributed by atoms with E-state index in [1.54, 1.807) is 13.0 Å². The summed E-state index contributed by atoms with van der Waals surface area (Å²) in [6.45, 7) is 4.21. The maximum Gasteiger partial charge on any atom is 0.126 e. The van der Waals surface area contributed by atoms with E-state index < -0.39 is 0 Å². The van der Waals surface area contributed by atoms with Gasteiger partial charge in [-0.05, 0) is 25.5 Å². The van der Waals surface area contributed by atoms with Crippen LogP contribution in [0.25, 0.3) is 0 Å². The van der Waals surface area contributed by atoms with E-state index in [9.17, 15) is 0 Å². The number of hydrogen-bond donors (Lipinski definition) is 2. The van der Waals surface area contributed by atoms with Crippen LogP contribution in [-0.4, -0.2) is 23.2 Å². The number of hydrogen-bond acceptors (Lipinski definition) is 4. The van der Waals surface area contributed by atoms with Crippen LogP contribution in [-0.2, 0) is 0 Å². The van der Waals surface area contributed by atoms with Crippen LogP contribution in [0.1, 0.15) is 16.8 Å². The third-order valence-corrected chi connectivity index (χ3v) is 1.93. The number of aromatic nitrogens is 1. The van der Waals surface area contributed by atoms with Gasteiger partial charge in [0.1, 0.15) is 11.9 Å². The molecule has 0 atom stereocenters. The molecule has 1 heterocycles. The van der Waals surface area contributed by atoms with Crippen molar-refractivity contribution in [2.45, 2.75) is 13.8 Å². The van der Waals surface area contributed by atoms with E-state index in [1.807, 2.05) is 6.92 Å². The highest BCUT2D eigenvalue weighted by atomic mass is 16.3. The summed E-state index contributed by atoms with van der Waals surface area (Å²) in [5.41, 5.74) is 2.24. The Balaban J connectivity index is 2.97. The highest BCUT2D eigenvalue weighted by Crippen LogP contribution is 2.14. The molecule has 1 rings (SSSR count). The van der Waals surface area contributed by atoms with Crippen LogP contribution in [0.5, 0.6) is 0 Å². The molecular weight excluding hydrogens is 178 g/mol. The number of nitriles is 1. The summed E-state index contributed by atoms with van der Waals surface area (Å²) in [7, 11) is 0. The molecule has 0 aliphatic carbocycles. The van der Waals surface area contributed by atoms with Crippen molar-refractivity contribution >= 4 is 5.82 Å². The quantitative estimate of drug-likeness (QED) is 0.747. The van der Waals surface area contributed by atoms with Crippen LogP contribution in [0.15, 0.2) is 6.07 Å². The first-order valence-corrected chi connectivity index (χ1v) is 4.42. The van der Waals surface area contributed by atoms with Gasteiger partial charge in [0.05, 0.1) is 17.9 Å². The van der Waals surface area contributed by atoms with Gasteiger partial charge in [-0.15, -0.1) is 0 Å². The Morgan fingerprint density at radius 3 is 2.79 bits per heavy atom. The molecule has 0 unspecified atom stereocenters. The molecule has 0 aliphatic rings. The first-order chi connectivity index (χ1) is 6.69. The van der Waals surface area contributed by atoms with Crippen molar-refractivity contribution in [2.75, 3.05) is 18.5 Å². The molecule has 1 aromatic rings. The SMILES string of the molecule is Cc1cc(NCCO)nc(C)c1C#N. The minimum absolute atomic E-state index is 0.0692. The second-order valence-corrected chi connectivity index (χ2v) is 3.05. The molecule has 0 spiro atoms. The smallest absolute Gasteiger partial charge is 0.126 e. The molecule has 0 fully saturated rings. The standard InChI is InChI=1S/C10H13N3O/c1-7-5-10(12-3-4-14)13-8(2)9(7)6-11/h5,14H,3-4H2,1-2H3,(H,12,13). The molecule has 74 valence electrons. The number of rotatable bonds is 3. The summed E-state index contributed by atoms with van der Waals surface area (Å²) >= 11 is 0. The first-order valence-electron chi connectivity index (χ1n) is 4.42. The molecule has 1 aromatic heterocycles. The fourth-order valence-corrected chi connectivity index (χ4v) is 1.28. The van der Waals surface area contributed by atoms with E-state index >= 15 is 0 Å². The van der Waals surface area contributed by atoms with Crippen molar-refractivity contribution in [3.63, 3.8) is 0 Å². The molecule has 0 aromatic carbocycles. The third-order valence-electron chi connectivity index (χ3n) is 1.93. The fraction of sp³-hybridized carbons (Fsp3) is 0.400. The van der Waals surface area contributed by atoms with Gasteiger partial charge >= 0.3 is 0 Å². The van der Waals surface area contributed by atoms with E-state index in [2.05, 4.69) is 16.4 Å². The number of anilines is 1. The molecule has 4 heteroatoms. The molecule has 2 N–H and O–H groups in total. The zero-order valence-electron chi connectivity index (χ0n) is 8.33. The van der Waals surface area contributed by atoms with Gasteiger partial charge in [0.25, 0.3) is 0 Å². The van der Waals surface area contributed by atoms with Gasteiger partial charge in [-0.25, -0.2) is 4.98 Å². The highest BCUT2D eigenvalue weighted by Gasteiger charge is 2.04. The molecule has 0 aliphatic heterocycles. The van der Waals surface area contributed by atoms with E-state index in [4.69, 9.17) is 10.4 Å². The minimum atomic E-state index is 0.0692. The van der Waals surface area contributed by atoms with Crippen LogP contribution < -0.4 is 5.32 Å². The number of pyridine rings is 1. The Bertz CT molecular complexity index is 345. The zero-order chi connectivity index (χ0) is 10.6. The molecular formula is C10H13N3O. The molecule has 0 bridgehead atoms. The fourth-order valence-electron chi connectivity index (χ4n) is 1.28. The van der Waals surface area contributed by atoms with Gasteiger partial charge in [0, 0.05) is 6.54 Å². The summed E-state index contributed by atoms with van der Waals surface area (Å²) in [4.78, 5) is 4.20. The molecule has 0 saturated heterocycles. The highest BCUT2D eigenvalue weighted by molar-refractivity contribution is 5.48. The predicted molar refractivity (Wildman–Crippen MR) is 54.0 cm³/mol. The summed E-state index contributed by atoms with van der Waals surface area (Å²) in [6, 6.07) is 3.91. The van der Waals surface area contributed by atoms with Crippen molar-refractivity contribution in [3.8, 4) is 6.07 Å². The first kappa shape index (κ1) is 10.5. The van der Waals surface area contributed by atoms with E-state index in [0.29, 0.717) is 23.6 Å². The predicted octanol–water partition coefficient (Wildman–Crippen LogP) is 0.974. The summed E-state index contributed by atoms with van der Waals surface area (Å²) in [6.07, 6.45) is 0. The monoisotopic (exact) mass is 191 g/mol. The second kappa shape index (κ2) is 4.58. The molecule has 0 saturated carbocycles. The average Bonchev–Trinajstić information content (AvgIpc) is 2.14. The Morgan fingerprint density at radius 1 is 1.57 bits per heavy atom. The average molecular weight is 191 g/mol. The Labute approximate surface area is 83.2 Å². The van der Waals surface area contributed by atoms with Crippen LogP contribution in [0.2, 0.25) is 0 Å². The van der Waals surface area contributed by atoms with E-state index in [1.165, 1.54) is 0 Å². The normalized spacial score (nSPS) is 9.57. The van der Waals surface area contributed by atoms with Gasteiger partial charge in [-0.2, -0.15) is 5.26 Å². The maximum atomic E-state index is 8.82. The topological polar surface area (TPSA) is 68.9 Å². The lowest BCUT2D eigenvalue weighted by Gasteiger charge is -2.07. The molecule has 4 nitrogen and oxygen atoms in total. The molecule has 0 radical (unpaired) electrons. The van der Waals surface area contributed by atoms with Crippen LogP contribution in [0.4, 0.5) is 5.82 Å². The van der Waals surface area contributed by atoms with Crippen molar-refractivity contribution in [3.05, 3.63) is 22.9 Å². The molecule has 0 amide bonds. The number of nitrogens with zero attached hydrogens (tertiary/aromatic N) is 2. The Kier molecular flexibility index (Phi) is 3.43. The number of aliphatic hydroxyl groups excluding tert-OH is 1. The van der Waals surface area contributed by atoms with Gasteiger partial charge in [0.15, 0.2) is 0 Å².